The molecule has 0 unspecified atom stereocenters. The Labute approximate surface area is 158 Å². The quantitative estimate of drug-likeness (QED) is 0.636. The Bertz CT molecular complexity index is 1020. The van der Waals surface area contributed by atoms with Crippen LogP contribution in [0.4, 0.5) is 0 Å². The first-order valence-electron chi connectivity index (χ1n) is 9.26. The predicted molar refractivity (Wildman–Crippen MR) is 104 cm³/mol. The van der Waals surface area contributed by atoms with Crippen LogP contribution in [0.3, 0.4) is 0 Å². The molecule has 4 heteroatoms. The average Bonchev–Trinajstić information content (AvgIpc) is 3.15. The highest BCUT2D eigenvalue weighted by atomic mass is 16.7. The van der Waals surface area contributed by atoms with E-state index in [1.165, 1.54) is 16.3 Å². The predicted octanol–water partition coefficient (Wildman–Crippen LogP) is 5.09. The van der Waals surface area contributed by atoms with Crippen LogP contribution in [0.5, 0.6) is 17.2 Å². The van der Waals surface area contributed by atoms with Gasteiger partial charge in [-0.25, -0.2) is 0 Å². The number of rotatable bonds is 2. The van der Waals surface area contributed by atoms with Gasteiger partial charge in [0.25, 0.3) is 0 Å². The topological polar surface area (TPSA) is 36.9 Å². The van der Waals surface area contributed by atoms with E-state index >= 15 is 0 Å². The van der Waals surface area contributed by atoms with Crippen LogP contribution >= 0.6 is 0 Å². The Kier molecular flexibility index (Phi) is 3.59. The van der Waals surface area contributed by atoms with Crippen molar-refractivity contribution in [1.82, 2.24) is 0 Å². The number of methoxy groups -OCH3 is 1. The second-order valence-corrected chi connectivity index (χ2v) is 7.40. The van der Waals surface area contributed by atoms with Gasteiger partial charge in [0, 0.05) is 37.5 Å². The maximum absolute atomic E-state index is 6.31. The van der Waals surface area contributed by atoms with Gasteiger partial charge in [0.15, 0.2) is 11.5 Å². The van der Waals surface area contributed by atoms with Crippen LogP contribution in [-0.2, 0) is 4.74 Å². The van der Waals surface area contributed by atoms with E-state index in [-0.39, 0.29) is 18.6 Å². The fourth-order valence-corrected chi connectivity index (χ4v) is 4.34. The van der Waals surface area contributed by atoms with Gasteiger partial charge in [-0.1, -0.05) is 49.4 Å². The molecule has 0 spiro atoms. The molecule has 5 rings (SSSR count). The lowest BCUT2D eigenvalue weighted by Crippen LogP contribution is -2.47. The summed E-state index contributed by atoms with van der Waals surface area (Å²) in [6, 6.07) is 19.0. The van der Waals surface area contributed by atoms with Gasteiger partial charge in [-0.05, 0) is 22.4 Å². The van der Waals surface area contributed by atoms with Gasteiger partial charge in [-0.2, -0.15) is 0 Å². The molecule has 0 aromatic heterocycles. The molecule has 3 atom stereocenters. The van der Waals surface area contributed by atoms with Crippen molar-refractivity contribution in [1.29, 1.82) is 0 Å². The third-order valence-electron chi connectivity index (χ3n) is 6.04. The fourth-order valence-electron chi connectivity index (χ4n) is 4.34. The van der Waals surface area contributed by atoms with Crippen LogP contribution < -0.4 is 14.2 Å². The summed E-state index contributed by atoms with van der Waals surface area (Å²) >= 11 is 0. The number of fused-ring (bicyclic) bond motifs is 3. The van der Waals surface area contributed by atoms with Gasteiger partial charge in [0.2, 0.25) is 12.6 Å². The summed E-state index contributed by atoms with van der Waals surface area (Å²) in [7, 11) is 1.70. The van der Waals surface area contributed by atoms with E-state index in [1.54, 1.807) is 7.11 Å². The Morgan fingerprint density at radius 2 is 1.67 bits per heavy atom. The van der Waals surface area contributed by atoms with Crippen molar-refractivity contribution in [3.8, 4) is 17.2 Å². The van der Waals surface area contributed by atoms with Gasteiger partial charge in [0.1, 0.15) is 5.75 Å². The molecule has 0 aliphatic carbocycles. The molecule has 0 saturated heterocycles. The van der Waals surface area contributed by atoms with E-state index in [4.69, 9.17) is 18.9 Å². The maximum Gasteiger partial charge on any atom is 0.231 e. The van der Waals surface area contributed by atoms with E-state index in [0.29, 0.717) is 0 Å². The molecule has 27 heavy (non-hydrogen) atoms. The first kappa shape index (κ1) is 16.5. The number of hydrogen-bond donors (Lipinski definition) is 0. The number of benzene rings is 3. The highest BCUT2D eigenvalue weighted by molar-refractivity contribution is 5.87. The van der Waals surface area contributed by atoms with E-state index in [9.17, 15) is 0 Å². The van der Waals surface area contributed by atoms with Gasteiger partial charge >= 0.3 is 0 Å². The standard InChI is InChI=1S/C23H22O4/c1-14-22(17-10-6-8-15-7-4-5-9-16(15)17)18-11-20-21(26-13-25-20)12-19(18)27-23(14,2)24-3/h4-12,14,22H,13H2,1-3H3/t14-,22-,23+/m0/s1. The monoisotopic (exact) mass is 362 g/mol. The molecule has 4 nitrogen and oxygen atoms in total. The summed E-state index contributed by atoms with van der Waals surface area (Å²) in [5.74, 6) is 1.76. The molecule has 0 radical (unpaired) electrons. The van der Waals surface area contributed by atoms with E-state index in [0.717, 1.165) is 22.8 Å². The second kappa shape index (κ2) is 5.89. The van der Waals surface area contributed by atoms with Gasteiger partial charge < -0.3 is 18.9 Å². The molecule has 3 aromatic rings. The molecule has 0 amide bonds. The minimum Gasteiger partial charge on any atom is -0.462 e. The Morgan fingerprint density at radius 1 is 0.926 bits per heavy atom. The van der Waals surface area contributed by atoms with Crippen molar-refractivity contribution in [2.24, 2.45) is 5.92 Å². The van der Waals surface area contributed by atoms with Crippen molar-refractivity contribution < 1.29 is 18.9 Å². The van der Waals surface area contributed by atoms with E-state index in [2.05, 4.69) is 55.5 Å². The van der Waals surface area contributed by atoms with E-state index in [1.807, 2.05) is 13.0 Å². The molecule has 0 fully saturated rings. The SMILES string of the molecule is CO[C@]1(C)Oc2cc3c(cc2[C@H](c2cccc4ccccc24)[C@@H]1C)OCO3. The Morgan fingerprint density at radius 3 is 2.48 bits per heavy atom. The molecule has 2 heterocycles. The molecule has 0 bridgehead atoms. The lowest BCUT2D eigenvalue weighted by atomic mass is 9.74. The molecule has 0 N–H and O–H groups in total. The number of ether oxygens (including phenoxy) is 4. The van der Waals surface area contributed by atoms with Crippen molar-refractivity contribution in [2.45, 2.75) is 25.6 Å². The summed E-state index contributed by atoms with van der Waals surface area (Å²) in [5.41, 5.74) is 2.38. The summed E-state index contributed by atoms with van der Waals surface area (Å²) in [6.07, 6.45) is 0. The zero-order chi connectivity index (χ0) is 18.6. The smallest absolute Gasteiger partial charge is 0.231 e. The normalized spacial score (nSPS) is 25.9. The van der Waals surface area contributed by atoms with Gasteiger partial charge in [0.05, 0.1) is 0 Å². The summed E-state index contributed by atoms with van der Waals surface area (Å²) in [6.45, 7) is 4.43. The molecule has 2 aliphatic heterocycles. The largest absolute Gasteiger partial charge is 0.462 e. The zero-order valence-corrected chi connectivity index (χ0v) is 15.7. The zero-order valence-electron chi connectivity index (χ0n) is 15.7. The molecule has 2 aliphatic rings. The third-order valence-corrected chi connectivity index (χ3v) is 6.04. The van der Waals surface area contributed by atoms with Crippen LogP contribution in [0.15, 0.2) is 54.6 Å². The van der Waals surface area contributed by atoms with Crippen LogP contribution in [0.1, 0.15) is 30.9 Å². The minimum atomic E-state index is -0.734. The van der Waals surface area contributed by atoms with Crippen molar-refractivity contribution in [3.05, 3.63) is 65.7 Å². The molecule has 3 aromatic carbocycles. The first-order chi connectivity index (χ1) is 13.1. The van der Waals surface area contributed by atoms with Gasteiger partial charge in [-0.3, -0.25) is 0 Å². The second-order valence-electron chi connectivity index (χ2n) is 7.40. The third kappa shape index (κ3) is 2.40. The highest BCUT2D eigenvalue weighted by Crippen LogP contribution is 2.53. The summed E-state index contributed by atoms with van der Waals surface area (Å²) < 4.78 is 23.4. The minimum absolute atomic E-state index is 0.0983. The Balaban J connectivity index is 1.77. The molecule has 0 saturated carbocycles. The van der Waals surface area contributed by atoms with Crippen LogP contribution in [-0.4, -0.2) is 19.7 Å². The molecular formula is C23H22O4. The Hall–Kier alpha value is -2.72. The average molecular weight is 362 g/mol. The fraction of sp³-hybridized carbons (Fsp3) is 0.304. The first-order valence-corrected chi connectivity index (χ1v) is 9.26. The highest BCUT2D eigenvalue weighted by Gasteiger charge is 2.46. The van der Waals surface area contributed by atoms with E-state index < -0.39 is 5.79 Å². The van der Waals surface area contributed by atoms with Gasteiger partial charge in [-0.15, -0.1) is 0 Å². The van der Waals surface area contributed by atoms with Crippen molar-refractivity contribution in [2.75, 3.05) is 13.9 Å². The maximum atomic E-state index is 6.31. The van der Waals surface area contributed by atoms with Crippen LogP contribution in [0, 0.1) is 5.92 Å². The number of hydrogen-bond acceptors (Lipinski definition) is 4. The van der Waals surface area contributed by atoms with Crippen molar-refractivity contribution >= 4 is 10.8 Å². The summed E-state index contributed by atoms with van der Waals surface area (Å²) in [5, 5.41) is 2.48. The lowest BCUT2D eigenvalue weighted by Gasteiger charge is -2.44. The van der Waals surface area contributed by atoms with Crippen LogP contribution in [0.25, 0.3) is 10.8 Å². The molecular weight excluding hydrogens is 340 g/mol. The summed E-state index contributed by atoms with van der Waals surface area (Å²) in [4.78, 5) is 0. The van der Waals surface area contributed by atoms with Crippen molar-refractivity contribution in [3.63, 3.8) is 0 Å². The molecule has 138 valence electrons. The lowest BCUT2D eigenvalue weighted by molar-refractivity contribution is -0.194. The van der Waals surface area contributed by atoms with Crippen LogP contribution in [0.2, 0.25) is 0 Å².